The summed E-state index contributed by atoms with van der Waals surface area (Å²) in [5.41, 5.74) is 4.20. The highest BCUT2D eigenvalue weighted by molar-refractivity contribution is 9.10. The molecule has 1 aliphatic heterocycles. The number of benzene rings is 2. The average molecular weight is 375 g/mol. The summed E-state index contributed by atoms with van der Waals surface area (Å²) in [5.74, 6) is -0.706. The minimum absolute atomic E-state index is 0.290. The lowest BCUT2D eigenvalue weighted by Gasteiger charge is -2.34. The molecule has 0 amide bonds. The summed E-state index contributed by atoms with van der Waals surface area (Å²) < 4.78 is 6.69. The van der Waals surface area contributed by atoms with Crippen molar-refractivity contribution in [2.45, 2.75) is 25.7 Å². The Bertz CT molecular complexity index is 680. The maximum Gasteiger partial charge on any atom is 0.196 e. The van der Waals surface area contributed by atoms with Crippen LogP contribution in [-0.2, 0) is 14.5 Å². The predicted octanol–water partition coefficient (Wildman–Crippen LogP) is 5.21. The van der Waals surface area contributed by atoms with E-state index in [0.29, 0.717) is 6.61 Å². The number of halogens is 1. The summed E-state index contributed by atoms with van der Waals surface area (Å²) in [7, 11) is 0. The van der Waals surface area contributed by atoms with Crippen LogP contribution in [0.2, 0.25) is 0 Å². The topological polar surface area (TPSA) is 27.7 Å². The van der Waals surface area contributed by atoms with Crippen LogP contribution < -0.4 is 0 Å². The molecule has 0 aliphatic carbocycles. The van der Waals surface area contributed by atoms with Crippen LogP contribution in [0.3, 0.4) is 0 Å². The predicted molar refractivity (Wildman–Crippen MR) is 94.6 cm³/mol. The van der Waals surface area contributed by atoms with E-state index in [1.54, 1.807) is 0 Å². The Balaban J connectivity index is 1.72. The summed E-state index contributed by atoms with van der Waals surface area (Å²) in [5, 5.41) is 0. The summed E-state index contributed by atoms with van der Waals surface area (Å²) >= 11 is 3.45. The van der Waals surface area contributed by atoms with E-state index in [4.69, 9.17) is 14.5 Å². The Morgan fingerprint density at radius 2 is 1.61 bits per heavy atom. The molecule has 2 aromatic carbocycles. The molecule has 1 atom stereocenters. The third kappa shape index (κ3) is 3.90. The molecule has 1 heterocycles. The van der Waals surface area contributed by atoms with Gasteiger partial charge in [0, 0.05) is 4.47 Å². The van der Waals surface area contributed by atoms with Crippen LogP contribution >= 0.6 is 15.9 Å². The van der Waals surface area contributed by atoms with Crippen LogP contribution in [0.5, 0.6) is 0 Å². The van der Waals surface area contributed by atoms with Crippen LogP contribution in [0.1, 0.15) is 19.4 Å². The van der Waals surface area contributed by atoms with Gasteiger partial charge in [0.05, 0.1) is 6.61 Å². The molecular formula is C19H19BrO3. The van der Waals surface area contributed by atoms with Crippen molar-refractivity contribution in [1.29, 1.82) is 0 Å². The fourth-order valence-corrected chi connectivity index (χ4v) is 2.63. The molecule has 1 aliphatic rings. The van der Waals surface area contributed by atoms with Gasteiger partial charge in [-0.25, -0.2) is 9.78 Å². The van der Waals surface area contributed by atoms with Gasteiger partial charge in [0.1, 0.15) is 6.10 Å². The van der Waals surface area contributed by atoms with Crippen molar-refractivity contribution >= 4 is 21.5 Å². The fraction of sp³-hybridized carbons (Fsp3) is 0.263. The first-order valence-electron chi connectivity index (χ1n) is 7.48. The third-order valence-electron chi connectivity index (χ3n) is 3.77. The van der Waals surface area contributed by atoms with Gasteiger partial charge in [-0.1, -0.05) is 58.9 Å². The van der Waals surface area contributed by atoms with Crippen LogP contribution in [0, 0.1) is 0 Å². The van der Waals surface area contributed by atoms with E-state index in [9.17, 15) is 0 Å². The van der Waals surface area contributed by atoms with Crippen molar-refractivity contribution in [2.75, 3.05) is 6.61 Å². The Kier molecular flexibility index (Phi) is 4.69. The molecule has 0 bridgehead atoms. The average Bonchev–Trinajstić information content (AvgIpc) is 2.55. The molecule has 3 rings (SSSR count). The number of ether oxygens (including phenoxy) is 1. The first-order valence-corrected chi connectivity index (χ1v) is 8.27. The standard InChI is InChI=1S/C19H19BrO3/c1-13(18-12-21-19(2,3)23-22-18)14-4-6-15(7-5-14)16-8-10-17(20)11-9-16/h4-11,18H,1,12H2,2-3H3. The molecule has 0 saturated carbocycles. The minimum Gasteiger partial charge on any atom is -0.345 e. The lowest BCUT2D eigenvalue weighted by atomic mass is 9.98. The first kappa shape index (κ1) is 16.4. The van der Waals surface area contributed by atoms with Crippen molar-refractivity contribution in [3.05, 3.63) is 65.1 Å². The SMILES string of the molecule is C=C(c1ccc(-c2ccc(Br)cc2)cc1)C1COC(C)(C)OO1. The van der Waals surface area contributed by atoms with E-state index in [1.807, 2.05) is 38.1 Å². The molecular weight excluding hydrogens is 356 g/mol. The Morgan fingerprint density at radius 1 is 1.04 bits per heavy atom. The van der Waals surface area contributed by atoms with E-state index in [-0.39, 0.29) is 6.10 Å². The van der Waals surface area contributed by atoms with Gasteiger partial charge in [0.25, 0.3) is 0 Å². The quantitative estimate of drug-likeness (QED) is 0.689. The molecule has 0 N–H and O–H groups in total. The van der Waals surface area contributed by atoms with Gasteiger partial charge in [-0.15, -0.1) is 0 Å². The molecule has 23 heavy (non-hydrogen) atoms. The van der Waals surface area contributed by atoms with Crippen molar-refractivity contribution in [2.24, 2.45) is 0 Å². The Labute approximate surface area is 144 Å². The molecule has 4 heteroatoms. The van der Waals surface area contributed by atoms with E-state index in [1.165, 1.54) is 5.56 Å². The summed E-state index contributed by atoms with van der Waals surface area (Å²) in [4.78, 5) is 10.6. The van der Waals surface area contributed by atoms with E-state index >= 15 is 0 Å². The highest BCUT2D eigenvalue weighted by Crippen LogP contribution is 2.29. The molecule has 0 spiro atoms. The summed E-state index contributed by atoms with van der Waals surface area (Å²) in [6.45, 7) is 8.19. The number of hydrogen-bond donors (Lipinski definition) is 0. The second kappa shape index (κ2) is 6.57. The van der Waals surface area contributed by atoms with Crippen LogP contribution in [0.25, 0.3) is 16.7 Å². The zero-order valence-electron chi connectivity index (χ0n) is 13.2. The summed E-state index contributed by atoms with van der Waals surface area (Å²) in [6, 6.07) is 16.5. The second-order valence-electron chi connectivity index (χ2n) is 5.99. The van der Waals surface area contributed by atoms with Gasteiger partial charge >= 0.3 is 0 Å². The fourth-order valence-electron chi connectivity index (χ4n) is 2.37. The second-order valence-corrected chi connectivity index (χ2v) is 6.90. The highest BCUT2D eigenvalue weighted by atomic mass is 79.9. The monoisotopic (exact) mass is 374 g/mol. The molecule has 120 valence electrons. The number of rotatable bonds is 3. The molecule has 1 saturated heterocycles. The molecule has 0 radical (unpaired) electrons. The molecule has 1 unspecified atom stereocenters. The zero-order valence-corrected chi connectivity index (χ0v) is 14.8. The first-order chi connectivity index (χ1) is 10.9. The lowest BCUT2D eigenvalue weighted by molar-refractivity contribution is -0.467. The van der Waals surface area contributed by atoms with E-state index in [2.05, 4.69) is 46.8 Å². The van der Waals surface area contributed by atoms with Crippen LogP contribution in [-0.4, -0.2) is 18.5 Å². The molecule has 2 aromatic rings. The van der Waals surface area contributed by atoms with Gasteiger partial charge in [-0.05, 0) is 48.2 Å². The minimum atomic E-state index is -0.706. The van der Waals surface area contributed by atoms with Crippen LogP contribution in [0.15, 0.2) is 59.6 Å². The Hall–Kier alpha value is -1.46. The van der Waals surface area contributed by atoms with Gasteiger partial charge in [-0.3, -0.25) is 0 Å². The van der Waals surface area contributed by atoms with Gasteiger partial charge in [-0.2, -0.15) is 0 Å². The van der Waals surface area contributed by atoms with Crippen molar-refractivity contribution in [1.82, 2.24) is 0 Å². The van der Waals surface area contributed by atoms with E-state index in [0.717, 1.165) is 21.2 Å². The highest BCUT2D eigenvalue weighted by Gasteiger charge is 2.31. The molecule has 3 nitrogen and oxygen atoms in total. The smallest absolute Gasteiger partial charge is 0.196 e. The normalized spacial score (nSPS) is 20.2. The Morgan fingerprint density at radius 3 is 2.13 bits per heavy atom. The van der Waals surface area contributed by atoms with Crippen molar-refractivity contribution in [3.8, 4) is 11.1 Å². The van der Waals surface area contributed by atoms with Crippen molar-refractivity contribution in [3.63, 3.8) is 0 Å². The molecule has 1 fully saturated rings. The van der Waals surface area contributed by atoms with E-state index < -0.39 is 5.79 Å². The lowest BCUT2D eigenvalue weighted by Crippen LogP contribution is -2.40. The maximum atomic E-state index is 5.61. The summed E-state index contributed by atoms with van der Waals surface area (Å²) in [6.07, 6.45) is -0.290. The van der Waals surface area contributed by atoms with Gasteiger partial charge in [0.2, 0.25) is 0 Å². The largest absolute Gasteiger partial charge is 0.345 e. The third-order valence-corrected chi connectivity index (χ3v) is 4.30. The number of hydrogen-bond acceptors (Lipinski definition) is 3. The van der Waals surface area contributed by atoms with Crippen LogP contribution in [0.4, 0.5) is 0 Å². The maximum absolute atomic E-state index is 5.61. The molecule has 0 aromatic heterocycles. The van der Waals surface area contributed by atoms with Gasteiger partial charge < -0.3 is 4.74 Å². The van der Waals surface area contributed by atoms with Gasteiger partial charge in [0.15, 0.2) is 5.79 Å². The van der Waals surface area contributed by atoms with Crippen molar-refractivity contribution < 1.29 is 14.5 Å². The zero-order chi connectivity index (χ0) is 16.4.